The Hall–Kier alpha value is -0.340. The van der Waals surface area contributed by atoms with Crippen LogP contribution in [-0.4, -0.2) is 17.8 Å². The standard InChI is InChI=1S/C29H59NO/c1-2-3-4-5-6-7-8-9-10-11-12-13-14-15-16-17-18-19-20-21-22-23-24-25-26-27-29(30)28-31/h26-27,29,31H,2-25,28,30H2,1H3/b27-26+. The van der Waals surface area contributed by atoms with E-state index in [0.717, 1.165) is 6.42 Å². The number of hydrogen-bond donors (Lipinski definition) is 2. The highest BCUT2D eigenvalue weighted by Crippen LogP contribution is 2.15. The summed E-state index contributed by atoms with van der Waals surface area (Å²) in [5.41, 5.74) is 5.63. The quantitative estimate of drug-likeness (QED) is 0.105. The number of aliphatic hydroxyl groups is 1. The Bertz CT molecular complexity index is 342. The summed E-state index contributed by atoms with van der Waals surface area (Å²) in [5.74, 6) is 0. The average Bonchev–Trinajstić information content (AvgIpc) is 2.78. The zero-order chi connectivity index (χ0) is 22.7. The number of nitrogens with two attached hydrogens (primary N) is 1. The maximum Gasteiger partial charge on any atom is 0.0618 e. The summed E-state index contributed by atoms with van der Waals surface area (Å²) < 4.78 is 0. The Labute approximate surface area is 196 Å². The van der Waals surface area contributed by atoms with E-state index in [2.05, 4.69) is 13.0 Å². The van der Waals surface area contributed by atoms with Crippen molar-refractivity contribution in [3.8, 4) is 0 Å². The normalized spacial score (nSPS) is 12.7. The molecule has 0 radical (unpaired) electrons. The zero-order valence-corrected chi connectivity index (χ0v) is 21.4. The molecule has 0 aliphatic heterocycles. The summed E-state index contributed by atoms with van der Waals surface area (Å²) in [6.45, 7) is 2.35. The van der Waals surface area contributed by atoms with Crippen LogP contribution in [0.15, 0.2) is 12.2 Å². The fourth-order valence-corrected chi connectivity index (χ4v) is 4.38. The van der Waals surface area contributed by atoms with Gasteiger partial charge in [0.2, 0.25) is 0 Å². The van der Waals surface area contributed by atoms with Crippen molar-refractivity contribution >= 4 is 0 Å². The van der Waals surface area contributed by atoms with E-state index in [0.29, 0.717) is 0 Å². The van der Waals surface area contributed by atoms with Crippen molar-refractivity contribution in [2.45, 2.75) is 167 Å². The molecule has 0 aromatic carbocycles. The molecule has 0 saturated carbocycles. The smallest absolute Gasteiger partial charge is 0.0618 e. The number of rotatable bonds is 26. The van der Waals surface area contributed by atoms with E-state index in [-0.39, 0.29) is 12.6 Å². The molecule has 0 heterocycles. The van der Waals surface area contributed by atoms with E-state index in [4.69, 9.17) is 10.8 Å². The van der Waals surface area contributed by atoms with Crippen LogP contribution >= 0.6 is 0 Å². The topological polar surface area (TPSA) is 46.2 Å². The fraction of sp³-hybridized carbons (Fsp3) is 0.931. The highest BCUT2D eigenvalue weighted by molar-refractivity contribution is 4.90. The summed E-state index contributed by atoms with van der Waals surface area (Å²) in [4.78, 5) is 0. The van der Waals surface area contributed by atoms with Gasteiger partial charge in [-0.1, -0.05) is 160 Å². The van der Waals surface area contributed by atoms with E-state index in [9.17, 15) is 0 Å². The molecule has 0 spiro atoms. The summed E-state index contributed by atoms with van der Waals surface area (Å²) >= 11 is 0. The van der Waals surface area contributed by atoms with Crippen LogP contribution in [0.25, 0.3) is 0 Å². The van der Waals surface area contributed by atoms with Crippen LogP contribution in [-0.2, 0) is 0 Å². The fourth-order valence-electron chi connectivity index (χ4n) is 4.38. The molecule has 186 valence electrons. The second-order valence-electron chi connectivity index (χ2n) is 9.84. The predicted octanol–water partition coefficient (Wildman–Crippen LogP) is 9.24. The second kappa shape index (κ2) is 27.7. The Morgan fingerprint density at radius 2 is 0.806 bits per heavy atom. The largest absolute Gasteiger partial charge is 0.394 e. The SMILES string of the molecule is CCCCCCCCCCCCCCCCCCCCCCCCC/C=C/C(N)CO. The minimum atomic E-state index is -0.176. The van der Waals surface area contributed by atoms with Crippen molar-refractivity contribution in [1.82, 2.24) is 0 Å². The Morgan fingerprint density at radius 1 is 0.516 bits per heavy atom. The molecule has 3 N–H and O–H groups in total. The molecular formula is C29H59NO. The van der Waals surface area contributed by atoms with Crippen molar-refractivity contribution in [3.63, 3.8) is 0 Å². The molecule has 0 amide bonds. The molecule has 0 rings (SSSR count). The van der Waals surface area contributed by atoms with Gasteiger partial charge in [-0.05, 0) is 12.8 Å². The highest BCUT2D eigenvalue weighted by atomic mass is 16.3. The molecule has 0 bridgehead atoms. The Kier molecular flexibility index (Phi) is 27.4. The van der Waals surface area contributed by atoms with Crippen molar-refractivity contribution < 1.29 is 5.11 Å². The molecule has 31 heavy (non-hydrogen) atoms. The molecule has 2 nitrogen and oxygen atoms in total. The van der Waals surface area contributed by atoms with Gasteiger partial charge in [-0.3, -0.25) is 0 Å². The lowest BCUT2D eigenvalue weighted by Gasteiger charge is -2.04. The van der Waals surface area contributed by atoms with Gasteiger partial charge in [-0.25, -0.2) is 0 Å². The van der Waals surface area contributed by atoms with Crippen LogP contribution in [0.1, 0.15) is 161 Å². The third-order valence-electron chi connectivity index (χ3n) is 6.57. The van der Waals surface area contributed by atoms with Crippen LogP contribution < -0.4 is 5.73 Å². The van der Waals surface area contributed by atoms with Gasteiger partial charge in [0.1, 0.15) is 0 Å². The molecular weight excluding hydrogens is 378 g/mol. The highest BCUT2D eigenvalue weighted by Gasteiger charge is 1.96. The molecule has 0 saturated heterocycles. The van der Waals surface area contributed by atoms with Crippen LogP contribution in [0.4, 0.5) is 0 Å². The molecule has 0 aliphatic rings. The van der Waals surface area contributed by atoms with Gasteiger partial charge in [0.05, 0.1) is 6.61 Å². The lowest BCUT2D eigenvalue weighted by molar-refractivity contribution is 0.284. The van der Waals surface area contributed by atoms with Gasteiger partial charge < -0.3 is 10.8 Å². The maximum atomic E-state index is 8.85. The maximum absolute atomic E-state index is 8.85. The zero-order valence-electron chi connectivity index (χ0n) is 21.4. The molecule has 1 unspecified atom stereocenters. The molecule has 2 heteroatoms. The first-order chi connectivity index (χ1) is 15.3. The van der Waals surface area contributed by atoms with Gasteiger partial charge in [0.15, 0.2) is 0 Å². The molecule has 0 fully saturated rings. The van der Waals surface area contributed by atoms with Gasteiger partial charge in [0, 0.05) is 6.04 Å². The third-order valence-corrected chi connectivity index (χ3v) is 6.57. The minimum Gasteiger partial charge on any atom is -0.394 e. The summed E-state index contributed by atoms with van der Waals surface area (Å²) in [7, 11) is 0. The van der Waals surface area contributed by atoms with E-state index in [1.54, 1.807) is 0 Å². The van der Waals surface area contributed by atoms with Crippen molar-refractivity contribution in [3.05, 3.63) is 12.2 Å². The number of allylic oxidation sites excluding steroid dienone is 1. The van der Waals surface area contributed by atoms with Crippen LogP contribution in [0.3, 0.4) is 0 Å². The summed E-state index contributed by atoms with van der Waals surface area (Å²) in [6, 6.07) is -0.176. The lowest BCUT2D eigenvalue weighted by Crippen LogP contribution is -2.20. The lowest BCUT2D eigenvalue weighted by atomic mass is 10.0. The van der Waals surface area contributed by atoms with Crippen molar-refractivity contribution in [2.24, 2.45) is 5.73 Å². The van der Waals surface area contributed by atoms with Crippen LogP contribution in [0.2, 0.25) is 0 Å². The molecule has 0 aliphatic carbocycles. The van der Waals surface area contributed by atoms with E-state index in [1.807, 2.05) is 6.08 Å². The summed E-state index contributed by atoms with van der Waals surface area (Å²) in [5, 5.41) is 8.85. The number of unbranched alkanes of at least 4 members (excludes halogenated alkanes) is 23. The monoisotopic (exact) mass is 437 g/mol. The minimum absolute atomic E-state index is 0.0515. The van der Waals surface area contributed by atoms with Crippen molar-refractivity contribution in [1.29, 1.82) is 0 Å². The second-order valence-corrected chi connectivity index (χ2v) is 9.84. The first kappa shape index (κ1) is 30.7. The van der Waals surface area contributed by atoms with Crippen LogP contribution in [0, 0.1) is 0 Å². The average molecular weight is 438 g/mol. The third kappa shape index (κ3) is 27.6. The van der Waals surface area contributed by atoms with Gasteiger partial charge in [0.25, 0.3) is 0 Å². The Balaban J connectivity index is 3.04. The van der Waals surface area contributed by atoms with Crippen molar-refractivity contribution in [2.75, 3.05) is 6.61 Å². The predicted molar refractivity (Wildman–Crippen MR) is 141 cm³/mol. The van der Waals surface area contributed by atoms with E-state index < -0.39 is 0 Å². The first-order valence-electron chi connectivity index (χ1n) is 14.3. The molecule has 0 aromatic rings. The van der Waals surface area contributed by atoms with Gasteiger partial charge in [-0.15, -0.1) is 0 Å². The number of aliphatic hydroxyl groups excluding tert-OH is 1. The van der Waals surface area contributed by atoms with E-state index in [1.165, 1.54) is 148 Å². The van der Waals surface area contributed by atoms with Gasteiger partial charge >= 0.3 is 0 Å². The first-order valence-corrected chi connectivity index (χ1v) is 14.3. The van der Waals surface area contributed by atoms with E-state index >= 15 is 0 Å². The molecule has 0 aromatic heterocycles. The Morgan fingerprint density at radius 3 is 1.10 bits per heavy atom. The summed E-state index contributed by atoms with van der Waals surface area (Å²) in [6.07, 6.45) is 38.2. The number of hydrogen-bond acceptors (Lipinski definition) is 2. The molecule has 1 atom stereocenters. The van der Waals surface area contributed by atoms with Crippen LogP contribution in [0.5, 0.6) is 0 Å². The van der Waals surface area contributed by atoms with Gasteiger partial charge in [-0.2, -0.15) is 0 Å².